The van der Waals surface area contributed by atoms with Crippen molar-refractivity contribution in [2.24, 2.45) is 7.05 Å². The Morgan fingerprint density at radius 1 is 1.78 bits per heavy atom. The van der Waals surface area contributed by atoms with Gasteiger partial charge in [0, 0.05) is 7.05 Å². The Hall–Kier alpha value is -1.03. The Morgan fingerprint density at radius 2 is 2.44 bits per heavy atom. The van der Waals surface area contributed by atoms with E-state index in [1.165, 1.54) is 6.20 Å². The highest BCUT2D eigenvalue weighted by molar-refractivity contribution is 5.06. The molecule has 0 saturated carbocycles. The van der Waals surface area contributed by atoms with Gasteiger partial charge >= 0.3 is 0 Å². The number of hydrogen-bond acceptors (Lipinski definition) is 3. The first-order valence-electron chi connectivity index (χ1n) is 2.56. The molecule has 0 atom stereocenters. The molecule has 0 radical (unpaired) electrons. The van der Waals surface area contributed by atoms with E-state index in [0.29, 0.717) is 5.82 Å². The molecule has 9 heavy (non-hydrogen) atoms. The highest BCUT2D eigenvalue weighted by Crippen LogP contribution is 2.05. The molecule has 50 valence electrons. The second-order valence-corrected chi connectivity index (χ2v) is 1.78. The van der Waals surface area contributed by atoms with Crippen molar-refractivity contribution < 1.29 is 10.2 Å². The van der Waals surface area contributed by atoms with Crippen LogP contribution in [0.4, 0.5) is 0 Å². The van der Waals surface area contributed by atoms with Crippen LogP contribution < -0.4 is 0 Å². The van der Waals surface area contributed by atoms with E-state index in [1.54, 1.807) is 11.6 Å². The van der Waals surface area contributed by atoms with E-state index >= 15 is 0 Å². The summed E-state index contributed by atoms with van der Waals surface area (Å²) in [5, 5.41) is 17.3. The number of aromatic nitrogens is 2. The maximum Gasteiger partial charge on any atom is 0.229 e. The lowest BCUT2D eigenvalue weighted by molar-refractivity contribution is 0.266. The fourth-order valence-corrected chi connectivity index (χ4v) is 0.635. The molecule has 0 saturated heterocycles. The summed E-state index contributed by atoms with van der Waals surface area (Å²) in [6.07, 6.45) is 1.44. The molecule has 0 aliphatic heterocycles. The van der Waals surface area contributed by atoms with Crippen LogP contribution in [-0.2, 0) is 13.7 Å². The molecule has 0 unspecified atom stereocenters. The summed E-state index contributed by atoms with van der Waals surface area (Å²) in [5.74, 6) is 0.411. The number of aliphatic hydroxyl groups excluding tert-OH is 1. The average Bonchev–Trinajstić information content (AvgIpc) is 2.10. The summed E-state index contributed by atoms with van der Waals surface area (Å²) in [6, 6.07) is 0. The number of nitrogens with zero attached hydrogens (tertiary/aromatic N) is 2. The monoisotopic (exact) mass is 128 g/mol. The number of imidazole rings is 1. The second kappa shape index (κ2) is 2.06. The van der Waals surface area contributed by atoms with E-state index in [1.807, 2.05) is 0 Å². The summed E-state index contributed by atoms with van der Waals surface area (Å²) >= 11 is 0. The van der Waals surface area contributed by atoms with Crippen molar-refractivity contribution >= 4 is 0 Å². The maximum absolute atomic E-state index is 8.72. The highest BCUT2D eigenvalue weighted by atomic mass is 16.3. The van der Waals surface area contributed by atoms with Crippen molar-refractivity contribution in [2.45, 2.75) is 6.61 Å². The smallest absolute Gasteiger partial charge is 0.229 e. The van der Waals surface area contributed by atoms with Gasteiger partial charge in [-0.15, -0.1) is 0 Å². The third-order valence-electron chi connectivity index (χ3n) is 1.10. The molecule has 1 heterocycles. The molecular weight excluding hydrogens is 120 g/mol. The predicted octanol–water partition coefficient (Wildman–Crippen LogP) is -0.382. The topological polar surface area (TPSA) is 58.3 Å². The van der Waals surface area contributed by atoms with Crippen LogP contribution in [-0.4, -0.2) is 19.8 Å². The van der Waals surface area contributed by atoms with Gasteiger partial charge in [-0.1, -0.05) is 0 Å². The van der Waals surface area contributed by atoms with E-state index in [-0.39, 0.29) is 12.5 Å². The van der Waals surface area contributed by atoms with Crippen molar-refractivity contribution in [1.82, 2.24) is 9.55 Å². The van der Waals surface area contributed by atoms with Crippen LogP contribution >= 0.6 is 0 Å². The summed E-state index contributed by atoms with van der Waals surface area (Å²) in [5.41, 5.74) is 0. The Bertz CT molecular complexity index is 207. The Balaban J connectivity index is 3.01. The summed E-state index contributed by atoms with van der Waals surface area (Å²) in [4.78, 5) is 3.60. The molecule has 0 spiro atoms. The molecule has 1 rings (SSSR count). The van der Waals surface area contributed by atoms with Gasteiger partial charge in [0.15, 0.2) is 0 Å². The van der Waals surface area contributed by atoms with E-state index in [4.69, 9.17) is 10.2 Å². The van der Waals surface area contributed by atoms with Crippen molar-refractivity contribution in [3.63, 3.8) is 0 Å². The molecular formula is C5H8N2O2. The van der Waals surface area contributed by atoms with Crippen LogP contribution in [0.2, 0.25) is 0 Å². The summed E-state index contributed by atoms with van der Waals surface area (Å²) < 4.78 is 1.56. The summed E-state index contributed by atoms with van der Waals surface area (Å²) in [6.45, 7) is -0.142. The standard InChI is InChI=1S/C5H8N2O2/c1-7-2-5(9)6-4(7)3-8/h2,8-9H,3H2,1H3. The van der Waals surface area contributed by atoms with Crippen LogP contribution in [0.15, 0.2) is 6.20 Å². The fraction of sp³-hybridized carbons (Fsp3) is 0.400. The Morgan fingerprint density at radius 3 is 2.67 bits per heavy atom. The van der Waals surface area contributed by atoms with Crippen LogP contribution in [0.1, 0.15) is 5.82 Å². The van der Waals surface area contributed by atoms with Gasteiger partial charge in [0.1, 0.15) is 12.4 Å². The minimum absolute atomic E-state index is 0.0541. The van der Waals surface area contributed by atoms with Crippen molar-refractivity contribution in [3.05, 3.63) is 12.0 Å². The minimum Gasteiger partial charge on any atom is -0.492 e. The fourth-order valence-electron chi connectivity index (χ4n) is 0.635. The van der Waals surface area contributed by atoms with Gasteiger partial charge in [0.2, 0.25) is 5.88 Å². The lowest BCUT2D eigenvalue weighted by Crippen LogP contribution is -1.94. The first-order valence-corrected chi connectivity index (χ1v) is 2.56. The normalized spacial score (nSPS) is 10.0. The predicted molar refractivity (Wildman–Crippen MR) is 30.8 cm³/mol. The molecule has 2 N–H and O–H groups in total. The van der Waals surface area contributed by atoms with Gasteiger partial charge in [-0.25, -0.2) is 0 Å². The van der Waals surface area contributed by atoms with Gasteiger partial charge in [-0.05, 0) is 0 Å². The van der Waals surface area contributed by atoms with Crippen molar-refractivity contribution in [3.8, 4) is 5.88 Å². The van der Waals surface area contributed by atoms with Crippen LogP contribution in [0.3, 0.4) is 0 Å². The van der Waals surface area contributed by atoms with Crippen molar-refractivity contribution in [2.75, 3.05) is 0 Å². The van der Waals surface area contributed by atoms with E-state index in [2.05, 4.69) is 4.98 Å². The van der Waals surface area contributed by atoms with Crippen LogP contribution in [0.5, 0.6) is 5.88 Å². The number of rotatable bonds is 1. The molecule has 1 aromatic heterocycles. The van der Waals surface area contributed by atoms with Gasteiger partial charge in [-0.3, -0.25) is 0 Å². The maximum atomic E-state index is 8.72. The average molecular weight is 128 g/mol. The number of aliphatic hydroxyl groups is 1. The number of aryl methyl sites for hydroxylation is 1. The largest absolute Gasteiger partial charge is 0.492 e. The van der Waals surface area contributed by atoms with Gasteiger partial charge in [-0.2, -0.15) is 4.98 Å². The highest BCUT2D eigenvalue weighted by Gasteiger charge is 1.99. The Kier molecular flexibility index (Phi) is 1.40. The zero-order chi connectivity index (χ0) is 6.85. The van der Waals surface area contributed by atoms with Crippen LogP contribution in [0, 0.1) is 0 Å². The zero-order valence-corrected chi connectivity index (χ0v) is 5.07. The van der Waals surface area contributed by atoms with E-state index < -0.39 is 0 Å². The van der Waals surface area contributed by atoms with Gasteiger partial charge in [0.25, 0.3) is 0 Å². The van der Waals surface area contributed by atoms with Crippen molar-refractivity contribution in [1.29, 1.82) is 0 Å². The Labute approximate surface area is 52.4 Å². The molecule has 0 bridgehead atoms. The molecule has 4 heteroatoms. The SMILES string of the molecule is Cn1cc(O)nc1CO. The quantitative estimate of drug-likeness (QED) is 0.542. The van der Waals surface area contributed by atoms with E-state index in [9.17, 15) is 0 Å². The number of aromatic hydroxyl groups is 1. The van der Waals surface area contributed by atoms with Crippen LogP contribution in [0.25, 0.3) is 0 Å². The zero-order valence-electron chi connectivity index (χ0n) is 5.07. The molecule has 0 amide bonds. The lowest BCUT2D eigenvalue weighted by atomic mass is 10.6. The molecule has 1 aromatic rings. The summed E-state index contributed by atoms with van der Waals surface area (Å²) in [7, 11) is 1.71. The third-order valence-corrected chi connectivity index (χ3v) is 1.10. The number of hydrogen-bond donors (Lipinski definition) is 2. The molecule has 0 aromatic carbocycles. The van der Waals surface area contributed by atoms with E-state index in [0.717, 1.165) is 0 Å². The molecule has 0 fully saturated rings. The second-order valence-electron chi connectivity index (χ2n) is 1.78. The molecule has 0 aliphatic rings. The molecule has 0 aliphatic carbocycles. The first kappa shape index (κ1) is 6.10. The van der Waals surface area contributed by atoms with Gasteiger partial charge in [0.05, 0.1) is 6.20 Å². The van der Waals surface area contributed by atoms with Gasteiger partial charge < -0.3 is 14.8 Å². The first-order chi connectivity index (χ1) is 4.24. The molecule has 4 nitrogen and oxygen atoms in total. The third kappa shape index (κ3) is 1.02. The minimum atomic E-state index is -0.142. The lowest BCUT2D eigenvalue weighted by Gasteiger charge is -1.91.